The van der Waals surface area contributed by atoms with Crippen LogP contribution in [0.3, 0.4) is 0 Å². The van der Waals surface area contributed by atoms with Crippen LogP contribution in [0.4, 0.5) is 5.95 Å². The van der Waals surface area contributed by atoms with Gasteiger partial charge in [0, 0.05) is 23.8 Å². The van der Waals surface area contributed by atoms with E-state index in [1.165, 1.54) is 0 Å². The fourth-order valence-electron chi connectivity index (χ4n) is 3.80. The van der Waals surface area contributed by atoms with Crippen molar-refractivity contribution >= 4 is 49.8 Å². The number of carboxylic acids is 1. The highest BCUT2D eigenvalue weighted by atomic mass is 79.9. The number of hydrogen-bond donors (Lipinski definition) is 2. The third-order valence-corrected chi connectivity index (χ3v) is 6.04. The van der Waals surface area contributed by atoms with Gasteiger partial charge >= 0.3 is 5.97 Å². The molecule has 3 heterocycles. The largest absolute Gasteiger partial charge is 0.481 e. The monoisotopic (exact) mass is 452 g/mol. The lowest BCUT2D eigenvalue weighted by molar-refractivity contribution is -0.153. The molecule has 8 nitrogen and oxygen atoms in total. The minimum absolute atomic E-state index is 0.0418. The van der Waals surface area contributed by atoms with Crippen molar-refractivity contribution < 1.29 is 9.90 Å². The molecular weight excluding hydrogens is 436 g/mol. The number of anilines is 1. The summed E-state index contributed by atoms with van der Waals surface area (Å²) in [6.07, 6.45) is 4.58. The zero-order chi connectivity index (χ0) is 20.2. The molecule has 1 fully saturated rings. The third kappa shape index (κ3) is 3.02. The lowest BCUT2D eigenvalue weighted by atomic mass is 9.67. The molecule has 0 amide bonds. The van der Waals surface area contributed by atoms with E-state index < -0.39 is 11.4 Å². The number of aliphatic carboxylic acids is 1. The number of fused-ring (bicyclic) bond motifs is 2. The van der Waals surface area contributed by atoms with Crippen molar-refractivity contribution in [2.24, 2.45) is 5.41 Å². The Kier molecular flexibility index (Phi) is 4.02. The number of carboxylic acid groups (broad SMARTS) is 1. The van der Waals surface area contributed by atoms with Gasteiger partial charge in [-0.15, -0.1) is 0 Å². The van der Waals surface area contributed by atoms with Gasteiger partial charge in [0.25, 0.3) is 0 Å². The van der Waals surface area contributed by atoms with E-state index in [2.05, 4.69) is 41.3 Å². The third-order valence-electron chi connectivity index (χ3n) is 5.45. The summed E-state index contributed by atoms with van der Waals surface area (Å²) in [4.78, 5) is 24.7. The van der Waals surface area contributed by atoms with Gasteiger partial charge < -0.3 is 10.4 Å². The molecule has 0 unspecified atom stereocenters. The molecular formula is C20H17BrN6O2. The predicted molar refractivity (Wildman–Crippen MR) is 112 cm³/mol. The summed E-state index contributed by atoms with van der Waals surface area (Å²) < 4.78 is 2.42. The molecule has 0 spiro atoms. The highest BCUT2D eigenvalue weighted by molar-refractivity contribution is 9.10. The Hall–Kier alpha value is -3.07. The van der Waals surface area contributed by atoms with Crippen LogP contribution in [0.5, 0.6) is 0 Å². The van der Waals surface area contributed by atoms with E-state index in [9.17, 15) is 9.90 Å². The lowest BCUT2D eigenvalue weighted by Gasteiger charge is -2.41. The van der Waals surface area contributed by atoms with E-state index >= 15 is 0 Å². The van der Waals surface area contributed by atoms with Gasteiger partial charge in [-0.05, 0) is 60.0 Å². The Morgan fingerprint density at radius 3 is 2.93 bits per heavy atom. The molecule has 0 atom stereocenters. The second kappa shape index (κ2) is 6.48. The van der Waals surface area contributed by atoms with Crippen molar-refractivity contribution in [2.45, 2.75) is 25.8 Å². The smallest absolute Gasteiger partial charge is 0.309 e. The minimum Gasteiger partial charge on any atom is -0.481 e. The van der Waals surface area contributed by atoms with E-state index in [-0.39, 0.29) is 6.04 Å². The number of halogens is 1. The van der Waals surface area contributed by atoms with Gasteiger partial charge in [0.1, 0.15) is 4.60 Å². The van der Waals surface area contributed by atoms with Gasteiger partial charge in [0.15, 0.2) is 5.65 Å². The zero-order valence-electron chi connectivity index (χ0n) is 15.5. The molecule has 2 N–H and O–H groups in total. The molecule has 29 heavy (non-hydrogen) atoms. The molecule has 0 aliphatic heterocycles. The Labute approximate surface area is 174 Å². The Balaban J connectivity index is 1.50. The summed E-state index contributed by atoms with van der Waals surface area (Å²) >= 11 is 3.49. The molecule has 0 saturated heterocycles. The number of nitrogens with one attached hydrogen (secondary N) is 1. The van der Waals surface area contributed by atoms with Crippen LogP contribution in [0.15, 0.2) is 47.3 Å². The maximum Gasteiger partial charge on any atom is 0.309 e. The average molecular weight is 453 g/mol. The topological polar surface area (TPSA) is 106 Å². The van der Waals surface area contributed by atoms with Gasteiger partial charge in [-0.1, -0.05) is 6.07 Å². The molecule has 9 heteroatoms. The van der Waals surface area contributed by atoms with Crippen LogP contribution in [0.25, 0.3) is 27.6 Å². The van der Waals surface area contributed by atoms with E-state index in [0.29, 0.717) is 29.0 Å². The maximum absolute atomic E-state index is 11.3. The summed E-state index contributed by atoms with van der Waals surface area (Å²) in [5, 5.41) is 18.9. The predicted octanol–water partition coefficient (Wildman–Crippen LogP) is 3.79. The SMILES string of the molecule is CC1(C(=O)O)CC(Nc2ncc3c(Br)nn(-c4ccc5ncccc5c4)c3n2)C1. The van der Waals surface area contributed by atoms with Crippen molar-refractivity contribution in [2.75, 3.05) is 5.32 Å². The van der Waals surface area contributed by atoms with Crippen LogP contribution in [-0.2, 0) is 4.79 Å². The van der Waals surface area contributed by atoms with Crippen molar-refractivity contribution in [1.29, 1.82) is 0 Å². The molecule has 5 rings (SSSR count). The normalized spacial score (nSPS) is 21.2. The first kappa shape index (κ1) is 18.0. The summed E-state index contributed by atoms with van der Waals surface area (Å²) in [6, 6.07) is 9.86. The number of hydrogen-bond acceptors (Lipinski definition) is 6. The van der Waals surface area contributed by atoms with Crippen LogP contribution in [-0.4, -0.2) is 41.9 Å². The fourth-order valence-corrected chi connectivity index (χ4v) is 4.24. The number of benzene rings is 1. The molecule has 3 aromatic heterocycles. The molecule has 1 saturated carbocycles. The van der Waals surface area contributed by atoms with Gasteiger partial charge in [0.05, 0.1) is 22.0 Å². The maximum atomic E-state index is 11.3. The zero-order valence-corrected chi connectivity index (χ0v) is 17.1. The van der Waals surface area contributed by atoms with E-state index in [4.69, 9.17) is 0 Å². The summed E-state index contributed by atoms with van der Waals surface area (Å²) in [5.74, 6) is -0.300. The van der Waals surface area contributed by atoms with Gasteiger partial charge in [-0.25, -0.2) is 9.67 Å². The highest BCUT2D eigenvalue weighted by Gasteiger charge is 2.46. The number of nitrogens with zero attached hydrogens (tertiary/aromatic N) is 5. The van der Waals surface area contributed by atoms with Crippen LogP contribution in [0.1, 0.15) is 19.8 Å². The first-order chi connectivity index (χ1) is 13.9. The Morgan fingerprint density at radius 1 is 1.31 bits per heavy atom. The van der Waals surface area contributed by atoms with Gasteiger partial charge in [-0.3, -0.25) is 9.78 Å². The Bertz CT molecular complexity index is 1260. The molecule has 1 aliphatic carbocycles. The second-order valence-corrected chi connectivity index (χ2v) is 8.38. The summed E-state index contributed by atoms with van der Waals surface area (Å²) in [7, 11) is 0. The number of pyridine rings is 1. The standard InChI is InChI=1S/C20H17BrN6O2/c1-20(18(28)29)8-12(9-20)24-19-23-10-14-16(21)26-27(17(14)25-19)13-4-5-15-11(7-13)3-2-6-22-15/h2-7,10,12H,8-9H2,1H3,(H,28,29)(H,23,24,25). The Morgan fingerprint density at radius 2 is 2.14 bits per heavy atom. The lowest BCUT2D eigenvalue weighted by Crippen LogP contribution is -2.48. The van der Waals surface area contributed by atoms with E-state index in [0.717, 1.165) is 22.0 Å². The quantitative estimate of drug-likeness (QED) is 0.484. The van der Waals surface area contributed by atoms with Crippen LogP contribution < -0.4 is 5.32 Å². The van der Waals surface area contributed by atoms with Crippen LogP contribution in [0, 0.1) is 5.41 Å². The summed E-state index contributed by atoms with van der Waals surface area (Å²) in [5.41, 5.74) is 1.77. The van der Waals surface area contributed by atoms with Crippen molar-refractivity contribution in [3.63, 3.8) is 0 Å². The average Bonchev–Trinajstić information content (AvgIpc) is 3.02. The van der Waals surface area contributed by atoms with Gasteiger partial charge in [0.2, 0.25) is 5.95 Å². The van der Waals surface area contributed by atoms with Gasteiger partial charge in [-0.2, -0.15) is 10.1 Å². The van der Waals surface area contributed by atoms with Crippen LogP contribution >= 0.6 is 15.9 Å². The van der Waals surface area contributed by atoms with Crippen molar-refractivity contribution in [3.8, 4) is 5.69 Å². The number of aromatic nitrogens is 5. The minimum atomic E-state index is -0.764. The molecule has 1 aliphatic rings. The summed E-state index contributed by atoms with van der Waals surface area (Å²) in [6.45, 7) is 1.76. The molecule has 146 valence electrons. The van der Waals surface area contributed by atoms with E-state index in [1.54, 1.807) is 24.0 Å². The molecule has 0 radical (unpaired) electrons. The van der Waals surface area contributed by atoms with E-state index in [1.807, 2.05) is 30.3 Å². The first-order valence-corrected chi connectivity index (χ1v) is 9.99. The second-order valence-electron chi connectivity index (χ2n) is 7.63. The fraction of sp³-hybridized carbons (Fsp3) is 0.250. The van der Waals surface area contributed by atoms with Crippen molar-refractivity contribution in [3.05, 3.63) is 47.3 Å². The molecule has 0 bridgehead atoms. The van der Waals surface area contributed by atoms with Crippen LogP contribution in [0.2, 0.25) is 0 Å². The number of carbonyl (C=O) groups is 1. The van der Waals surface area contributed by atoms with Crippen molar-refractivity contribution in [1.82, 2.24) is 24.7 Å². The number of rotatable bonds is 4. The molecule has 1 aromatic carbocycles. The molecule has 4 aromatic rings. The first-order valence-electron chi connectivity index (χ1n) is 9.19. The highest BCUT2D eigenvalue weighted by Crippen LogP contribution is 2.42.